The van der Waals surface area contributed by atoms with E-state index in [-0.39, 0.29) is 5.57 Å². The maximum Gasteiger partial charge on any atom is 0.334 e. The molecule has 1 N–H and O–H groups in total. The molecule has 4 nitrogen and oxygen atoms in total. The second-order valence-corrected chi connectivity index (χ2v) is 3.76. The number of hydrogen-bond acceptors (Lipinski definition) is 3. The Morgan fingerprint density at radius 2 is 1.67 bits per heavy atom. The van der Waals surface area contributed by atoms with E-state index in [0.717, 1.165) is 0 Å². The molecule has 0 spiro atoms. The van der Waals surface area contributed by atoms with Crippen LogP contribution in [0.15, 0.2) is 48.6 Å². The molecule has 0 saturated carbocycles. The Morgan fingerprint density at radius 1 is 1.17 bits per heavy atom. The number of carboxylic acids is 1. The first kappa shape index (κ1) is 15.9. The minimum Gasteiger partial charge on any atom is -0.478 e. The second-order valence-electron chi connectivity index (χ2n) is 3.76. The number of hydrogen-bond donors (Lipinski definition) is 1. The first-order chi connectivity index (χ1) is 8.31. The minimum absolute atomic E-state index is 0.0423. The lowest BCUT2D eigenvalue weighted by Crippen LogP contribution is -2.29. The van der Waals surface area contributed by atoms with Gasteiger partial charge in [-0.1, -0.05) is 19.2 Å². The summed E-state index contributed by atoms with van der Waals surface area (Å²) in [6.07, 6.45) is 5.55. The third-order valence-electron chi connectivity index (χ3n) is 2.44. The van der Waals surface area contributed by atoms with Crippen LogP contribution in [0.3, 0.4) is 0 Å². The summed E-state index contributed by atoms with van der Waals surface area (Å²) in [7, 11) is 0. The average molecular weight is 250 g/mol. The van der Waals surface area contributed by atoms with E-state index in [2.05, 4.69) is 13.2 Å². The van der Waals surface area contributed by atoms with Crippen LogP contribution in [-0.4, -0.2) is 22.6 Å². The van der Waals surface area contributed by atoms with Crippen molar-refractivity contribution in [3.63, 3.8) is 0 Å². The van der Waals surface area contributed by atoms with Gasteiger partial charge in [0.25, 0.3) is 0 Å². The van der Waals surface area contributed by atoms with Crippen molar-refractivity contribution in [3.05, 3.63) is 48.6 Å². The van der Waals surface area contributed by atoms with E-state index < -0.39 is 17.5 Å². The van der Waals surface area contributed by atoms with Crippen LogP contribution in [0.5, 0.6) is 0 Å². The molecule has 0 fully saturated rings. The SMILES string of the molecule is C=CC(C=C)(C=C(C)C(=O)O)OC(=O)C(C)=CC. The average Bonchev–Trinajstić information content (AvgIpc) is 2.36. The smallest absolute Gasteiger partial charge is 0.334 e. The van der Waals surface area contributed by atoms with Gasteiger partial charge in [0.05, 0.1) is 0 Å². The maximum atomic E-state index is 11.7. The van der Waals surface area contributed by atoms with Gasteiger partial charge in [-0.25, -0.2) is 9.59 Å². The van der Waals surface area contributed by atoms with Gasteiger partial charge in [0, 0.05) is 11.1 Å². The summed E-state index contributed by atoms with van der Waals surface area (Å²) < 4.78 is 5.23. The molecule has 0 amide bonds. The number of carboxylic acid groups (broad SMARTS) is 1. The Hall–Kier alpha value is -2.10. The van der Waals surface area contributed by atoms with Gasteiger partial charge in [-0.3, -0.25) is 0 Å². The molecule has 0 atom stereocenters. The molecule has 18 heavy (non-hydrogen) atoms. The highest BCUT2D eigenvalue weighted by atomic mass is 16.6. The lowest BCUT2D eigenvalue weighted by Gasteiger charge is -2.24. The van der Waals surface area contributed by atoms with Crippen LogP contribution >= 0.6 is 0 Å². The lowest BCUT2D eigenvalue weighted by molar-refractivity contribution is -0.144. The summed E-state index contributed by atoms with van der Waals surface area (Å²) in [5, 5.41) is 8.84. The number of esters is 1. The quantitative estimate of drug-likeness (QED) is 0.447. The van der Waals surface area contributed by atoms with E-state index >= 15 is 0 Å². The Bertz CT molecular complexity index is 419. The van der Waals surface area contributed by atoms with Crippen molar-refractivity contribution in [1.29, 1.82) is 0 Å². The van der Waals surface area contributed by atoms with Crippen molar-refractivity contribution in [2.75, 3.05) is 0 Å². The highest BCUT2D eigenvalue weighted by Crippen LogP contribution is 2.20. The minimum atomic E-state index is -1.32. The first-order valence-corrected chi connectivity index (χ1v) is 5.38. The van der Waals surface area contributed by atoms with Gasteiger partial charge in [-0.2, -0.15) is 0 Å². The summed E-state index contributed by atoms with van der Waals surface area (Å²) in [6, 6.07) is 0. The molecule has 4 heteroatoms. The summed E-state index contributed by atoms with van der Waals surface area (Å²) in [5.41, 5.74) is -0.853. The van der Waals surface area contributed by atoms with Crippen molar-refractivity contribution in [1.82, 2.24) is 0 Å². The van der Waals surface area contributed by atoms with Crippen molar-refractivity contribution >= 4 is 11.9 Å². The van der Waals surface area contributed by atoms with E-state index in [1.54, 1.807) is 19.9 Å². The van der Waals surface area contributed by atoms with Crippen molar-refractivity contribution in [2.45, 2.75) is 26.4 Å². The van der Waals surface area contributed by atoms with Gasteiger partial charge >= 0.3 is 11.9 Å². The molecule has 0 radical (unpaired) electrons. The second kappa shape index (κ2) is 6.59. The normalized spacial score (nSPS) is 12.8. The molecular formula is C14H18O4. The lowest BCUT2D eigenvalue weighted by atomic mass is 10.0. The molecule has 98 valence electrons. The summed E-state index contributed by atoms with van der Waals surface area (Å²) in [4.78, 5) is 22.5. The van der Waals surface area contributed by atoms with Gasteiger partial charge in [0.15, 0.2) is 5.60 Å². The number of ether oxygens (including phenoxy) is 1. The predicted molar refractivity (Wildman–Crippen MR) is 70.0 cm³/mol. The highest BCUT2D eigenvalue weighted by molar-refractivity contribution is 5.89. The van der Waals surface area contributed by atoms with Crippen LogP contribution in [0.1, 0.15) is 20.8 Å². The van der Waals surface area contributed by atoms with Crippen LogP contribution in [0.25, 0.3) is 0 Å². The number of allylic oxidation sites excluding steroid dienone is 1. The van der Waals surface area contributed by atoms with Crippen LogP contribution in [0, 0.1) is 0 Å². The molecule has 0 aliphatic rings. The van der Waals surface area contributed by atoms with Gasteiger partial charge < -0.3 is 9.84 Å². The van der Waals surface area contributed by atoms with E-state index in [1.165, 1.54) is 25.2 Å². The van der Waals surface area contributed by atoms with Crippen LogP contribution in [0.4, 0.5) is 0 Å². The van der Waals surface area contributed by atoms with E-state index in [0.29, 0.717) is 5.57 Å². The van der Waals surface area contributed by atoms with Gasteiger partial charge in [-0.05, 0) is 39.0 Å². The zero-order valence-electron chi connectivity index (χ0n) is 10.9. The van der Waals surface area contributed by atoms with E-state index in [4.69, 9.17) is 9.84 Å². The maximum absolute atomic E-state index is 11.7. The molecule has 0 unspecified atom stereocenters. The number of carbonyl (C=O) groups is 2. The van der Waals surface area contributed by atoms with Crippen LogP contribution < -0.4 is 0 Å². The molecule has 0 aromatic carbocycles. The third-order valence-corrected chi connectivity index (χ3v) is 2.44. The Kier molecular flexibility index (Phi) is 5.82. The zero-order valence-corrected chi connectivity index (χ0v) is 10.9. The zero-order chi connectivity index (χ0) is 14.3. The number of aliphatic carboxylic acids is 1. The van der Waals surface area contributed by atoms with Crippen LogP contribution in [-0.2, 0) is 14.3 Å². The van der Waals surface area contributed by atoms with E-state index in [9.17, 15) is 9.59 Å². The fourth-order valence-corrected chi connectivity index (χ4v) is 1.07. The molecule has 0 aliphatic heterocycles. The van der Waals surface area contributed by atoms with Crippen molar-refractivity contribution in [3.8, 4) is 0 Å². The standard InChI is InChI=1S/C14H18O4/c1-6-10(4)13(17)18-14(7-2,8-3)9-11(5)12(15)16/h6-9H,2-3H2,1,4-5H3,(H,15,16). The van der Waals surface area contributed by atoms with Crippen molar-refractivity contribution in [2.24, 2.45) is 0 Å². The molecule has 0 bridgehead atoms. The first-order valence-electron chi connectivity index (χ1n) is 5.38. The summed E-state index contributed by atoms with van der Waals surface area (Å²) in [5.74, 6) is -1.64. The molecule has 0 rings (SSSR count). The topological polar surface area (TPSA) is 63.6 Å². The summed E-state index contributed by atoms with van der Waals surface area (Å²) in [6.45, 7) is 11.8. The Balaban J connectivity index is 5.37. The molecule has 0 saturated heterocycles. The molecule has 0 aromatic rings. The fraction of sp³-hybridized carbons (Fsp3) is 0.286. The number of carbonyl (C=O) groups excluding carboxylic acids is 1. The van der Waals surface area contributed by atoms with Gasteiger partial charge in [0.2, 0.25) is 0 Å². The fourth-order valence-electron chi connectivity index (χ4n) is 1.07. The van der Waals surface area contributed by atoms with Gasteiger partial charge in [0.1, 0.15) is 0 Å². The Labute approximate surface area is 107 Å². The van der Waals surface area contributed by atoms with E-state index in [1.807, 2.05) is 0 Å². The van der Waals surface area contributed by atoms with Crippen molar-refractivity contribution < 1.29 is 19.4 Å². The molecule has 0 heterocycles. The molecular weight excluding hydrogens is 232 g/mol. The molecule has 0 aliphatic carbocycles. The predicted octanol–water partition coefficient (Wildman–Crippen LogP) is 2.64. The summed E-state index contributed by atoms with van der Waals surface area (Å²) >= 11 is 0. The largest absolute Gasteiger partial charge is 0.478 e. The van der Waals surface area contributed by atoms with Gasteiger partial charge in [-0.15, -0.1) is 0 Å². The Morgan fingerprint density at radius 3 is 2.00 bits per heavy atom. The number of rotatable bonds is 6. The van der Waals surface area contributed by atoms with Crippen LogP contribution in [0.2, 0.25) is 0 Å². The highest BCUT2D eigenvalue weighted by Gasteiger charge is 2.26. The third kappa shape index (κ3) is 4.05. The molecule has 0 aromatic heterocycles. The monoisotopic (exact) mass is 250 g/mol.